The van der Waals surface area contributed by atoms with Gasteiger partial charge in [0.1, 0.15) is 4.90 Å². The summed E-state index contributed by atoms with van der Waals surface area (Å²) in [6.07, 6.45) is 0.262. The molecule has 0 bridgehead atoms. The normalized spacial score (nSPS) is 25.8. The van der Waals surface area contributed by atoms with Crippen molar-refractivity contribution in [3.8, 4) is 0 Å². The SMILES string of the molecule is Cc1ccc(S(=O)(=O)N[C@]2(C)CCS(=O)(=O)C2)c(Cl)c1. The van der Waals surface area contributed by atoms with Crippen LogP contribution in [0.1, 0.15) is 18.9 Å². The molecule has 1 N–H and O–H groups in total. The molecule has 8 heteroatoms. The number of hydrogen-bond donors (Lipinski definition) is 1. The fourth-order valence-electron chi connectivity index (χ4n) is 2.29. The summed E-state index contributed by atoms with van der Waals surface area (Å²) in [6.45, 7) is 3.40. The lowest BCUT2D eigenvalue weighted by molar-refractivity contribution is 0.462. The minimum atomic E-state index is -3.85. The molecular weight excluding hydrogens is 322 g/mol. The van der Waals surface area contributed by atoms with Crippen molar-refractivity contribution < 1.29 is 16.8 Å². The zero-order valence-electron chi connectivity index (χ0n) is 11.2. The van der Waals surface area contributed by atoms with Crippen LogP contribution in [0.2, 0.25) is 5.02 Å². The molecule has 1 saturated heterocycles. The third-order valence-corrected chi connectivity index (χ3v) is 7.29. The van der Waals surface area contributed by atoms with Crippen molar-refractivity contribution in [1.82, 2.24) is 4.72 Å². The molecule has 0 unspecified atom stereocenters. The molecule has 2 rings (SSSR count). The van der Waals surface area contributed by atoms with Gasteiger partial charge >= 0.3 is 0 Å². The molecule has 0 spiro atoms. The van der Waals surface area contributed by atoms with E-state index < -0.39 is 25.4 Å². The van der Waals surface area contributed by atoms with E-state index in [9.17, 15) is 16.8 Å². The molecule has 112 valence electrons. The van der Waals surface area contributed by atoms with Crippen LogP contribution in [0.5, 0.6) is 0 Å². The van der Waals surface area contributed by atoms with Crippen molar-refractivity contribution in [1.29, 1.82) is 0 Å². The summed E-state index contributed by atoms with van der Waals surface area (Å²) in [4.78, 5) is -0.0321. The van der Waals surface area contributed by atoms with Crippen molar-refractivity contribution >= 4 is 31.5 Å². The van der Waals surface area contributed by atoms with E-state index in [-0.39, 0.29) is 27.8 Å². The molecule has 1 aromatic rings. The van der Waals surface area contributed by atoms with Crippen LogP contribution in [0.25, 0.3) is 0 Å². The Balaban J connectivity index is 2.33. The van der Waals surface area contributed by atoms with Gasteiger partial charge in [0, 0.05) is 5.54 Å². The average Bonchev–Trinajstić information content (AvgIpc) is 2.50. The fourth-order valence-corrected chi connectivity index (χ4v) is 6.51. The number of hydrogen-bond acceptors (Lipinski definition) is 4. The van der Waals surface area contributed by atoms with Gasteiger partial charge in [-0.05, 0) is 38.0 Å². The van der Waals surface area contributed by atoms with Crippen molar-refractivity contribution in [2.45, 2.75) is 30.7 Å². The zero-order chi connectivity index (χ0) is 15.2. The highest BCUT2D eigenvalue weighted by Crippen LogP contribution is 2.28. The van der Waals surface area contributed by atoms with E-state index in [0.717, 1.165) is 5.56 Å². The molecule has 20 heavy (non-hydrogen) atoms. The first kappa shape index (κ1) is 15.8. The van der Waals surface area contributed by atoms with Gasteiger partial charge in [-0.15, -0.1) is 0 Å². The number of sulfonamides is 1. The molecule has 1 heterocycles. The number of halogens is 1. The fraction of sp³-hybridized carbons (Fsp3) is 0.500. The van der Waals surface area contributed by atoms with Crippen LogP contribution in [0.3, 0.4) is 0 Å². The minimum Gasteiger partial charge on any atom is -0.229 e. The lowest BCUT2D eigenvalue weighted by Gasteiger charge is -2.23. The van der Waals surface area contributed by atoms with Crippen LogP contribution < -0.4 is 4.72 Å². The number of nitrogens with one attached hydrogen (secondary N) is 1. The smallest absolute Gasteiger partial charge is 0.229 e. The summed E-state index contributed by atoms with van der Waals surface area (Å²) in [6, 6.07) is 4.63. The van der Waals surface area contributed by atoms with Crippen LogP contribution in [0.4, 0.5) is 0 Å². The van der Waals surface area contributed by atoms with Gasteiger partial charge in [0.05, 0.1) is 16.5 Å². The summed E-state index contributed by atoms with van der Waals surface area (Å²) in [7, 11) is -7.03. The van der Waals surface area contributed by atoms with Crippen LogP contribution in [0.15, 0.2) is 23.1 Å². The Kier molecular flexibility index (Phi) is 3.92. The summed E-state index contributed by atoms with van der Waals surface area (Å²) in [5, 5.41) is 0.127. The molecule has 1 fully saturated rings. The number of rotatable bonds is 3. The molecule has 0 aliphatic carbocycles. The molecular formula is C12H16ClNO4S2. The lowest BCUT2D eigenvalue weighted by atomic mass is 10.0. The van der Waals surface area contributed by atoms with Crippen LogP contribution in [0, 0.1) is 6.92 Å². The summed E-state index contributed by atoms with van der Waals surface area (Å²) >= 11 is 5.96. The van der Waals surface area contributed by atoms with Gasteiger partial charge in [0.15, 0.2) is 9.84 Å². The van der Waals surface area contributed by atoms with E-state index in [1.165, 1.54) is 6.07 Å². The highest BCUT2D eigenvalue weighted by atomic mass is 35.5. The summed E-state index contributed by atoms with van der Waals surface area (Å²) in [5.74, 6) is -0.198. The van der Waals surface area contributed by atoms with Gasteiger partial charge in [-0.2, -0.15) is 0 Å². The van der Waals surface area contributed by atoms with E-state index in [2.05, 4.69) is 4.72 Å². The third kappa shape index (κ3) is 3.33. The predicted octanol–water partition coefficient (Wildman–Crippen LogP) is 1.50. The molecule has 1 aromatic carbocycles. The second kappa shape index (κ2) is 4.98. The van der Waals surface area contributed by atoms with Crippen LogP contribution >= 0.6 is 11.6 Å². The second-order valence-corrected chi connectivity index (χ2v) is 9.68. The van der Waals surface area contributed by atoms with E-state index in [0.29, 0.717) is 0 Å². The van der Waals surface area contributed by atoms with Gasteiger partial charge in [-0.25, -0.2) is 21.6 Å². The number of benzene rings is 1. The van der Waals surface area contributed by atoms with Gasteiger partial charge in [-0.3, -0.25) is 0 Å². The molecule has 1 aliphatic heterocycles. The second-order valence-electron chi connectivity index (χ2n) is 5.44. The molecule has 5 nitrogen and oxygen atoms in total. The van der Waals surface area contributed by atoms with Crippen molar-refractivity contribution in [2.24, 2.45) is 0 Å². The Bertz CT molecular complexity index is 743. The number of sulfone groups is 1. The predicted molar refractivity (Wildman–Crippen MR) is 78.2 cm³/mol. The molecule has 0 saturated carbocycles. The Morgan fingerprint density at radius 3 is 2.50 bits per heavy atom. The highest BCUT2D eigenvalue weighted by Gasteiger charge is 2.41. The topological polar surface area (TPSA) is 80.3 Å². The summed E-state index contributed by atoms with van der Waals surface area (Å²) < 4.78 is 50.2. The van der Waals surface area contributed by atoms with E-state index >= 15 is 0 Å². The Labute approximate surface area is 124 Å². The molecule has 0 amide bonds. The van der Waals surface area contributed by atoms with Gasteiger partial charge in [0.25, 0.3) is 0 Å². The third-order valence-electron chi connectivity index (χ3n) is 3.26. The minimum absolute atomic E-state index is 0.00630. The average molecular weight is 338 g/mol. The maximum absolute atomic E-state index is 12.3. The summed E-state index contributed by atoms with van der Waals surface area (Å²) in [5.41, 5.74) is -0.130. The molecule has 1 atom stereocenters. The Morgan fingerprint density at radius 2 is 2.00 bits per heavy atom. The molecule has 0 radical (unpaired) electrons. The molecule has 0 aromatic heterocycles. The first-order valence-corrected chi connectivity index (χ1v) is 9.72. The standard InChI is InChI=1S/C12H16ClNO4S2/c1-9-3-4-11(10(13)7-9)20(17,18)14-12(2)5-6-19(15,16)8-12/h3-4,7,14H,5-6,8H2,1-2H3/t12-/m1/s1. The Hall–Kier alpha value is -0.630. The maximum atomic E-state index is 12.3. The van der Waals surface area contributed by atoms with Crippen LogP contribution in [-0.2, 0) is 19.9 Å². The van der Waals surface area contributed by atoms with E-state index in [1.807, 2.05) is 0 Å². The van der Waals surface area contributed by atoms with Crippen LogP contribution in [-0.4, -0.2) is 33.9 Å². The van der Waals surface area contributed by atoms with Crippen molar-refractivity contribution in [3.63, 3.8) is 0 Å². The monoisotopic (exact) mass is 337 g/mol. The largest absolute Gasteiger partial charge is 0.242 e. The highest BCUT2D eigenvalue weighted by molar-refractivity contribution is 7.92. The quantitative estimate of drug-likeness (QED) is 0.906. The van der Waals surface area contributed by atoms with Gasteiger partial charge in [0.2, 0.25) is 10.0 Å². The first-order chi connectivity index (χ1) is 9.03. The first-order valence-electron chi connectivity index (χ1n) is 6.04. The number of aryl methyl sites for hydroxylation is 1. The maximum Gasteiger partial charge on any atom is 0.242 e. The van der Waals surface area contributed by atoms with Gasteiger partial charge in [-0.1, -0.05) is 17.7 Å². The van der Waals surface area contributed by atoms with E-state index in [1.54, 1.807) is 26.0 Å². The lowest BCUT2D eigenvalue weighted by Crippen LogP contribution is -2.46. The van der Waals surface area contributed by atoms with E-state index in [4.69, 9.17) is 11.6 Å². The van der Waals surface area contributed by atoms with Gasteiger partial charge < -0.3 is 0 Å². The van der Waals surface area contributed by atoms with Crippen molar-refractivity contribution in [2.75, 3.05) is 11.5 Å². The molecule has 1 aliphatic rings. The zero-order valence-corrected chi connectivity index (χ0v) is 13.6. The van der Waals surface area contributed by atoms with Crippen molar-refractivity contribution in [3.05, 3.63) is 28.8 Å². The Morgan fingerprint density at radius 1 is 1.35 bits per heavy atom.